The standard InChI is InChI=1S/C13H19NO4/c1-14(5-4-13(15)16)9-10-6-11(17-2)8-12(7-10)18-3/h6-8H,4-5,9H2,1-3H3,(H,15,16). The maximum absolute atomic E-state index is 10.5. The molecular formula is C13H19NO4. The van der Waals surface area contributed by atoms with Gasteiger partial charge in [0.2, 0.25) is 0 Å². The number of methoxy groups -OCH3 is 2. The molecule has 0 aromatic heterocycles. The second kappa shape index (κ2) is 6.86. The van der Waals surface area contributed by atoms with E-state index >= 15 is 0 Å². The van der Waals surface area contributed by atoms with E-state index in [1.165, 1.54) is 0 Å². The molecule has 5 nitrogen and oxygen atoms in total. The van der Waals surface area contributed by atoms with Gasteiger partial charge in [0, 0.05) is 19.2 Å². The highest BCUT2D eigenvalue weighted by molar-refractivity contribution is 5.66. The van der Waals surface area contributed by atoms with Crippen molar-refractivity contribution in [2.24, 2.45) is 0 Å². The van der Waals surface area contributed by atoms with Gasteiger partial charge in [0.05, 0.1) is 20.6 Å². The minimum Gasteiger partial charge on any atom is -0.497 e. The SMILES string of the molecule is COc1cc(CN(C)CCC(=O)O)cc(OC)c1. The summed E-state index contributed by atoms with van der Waals surface area (Å²) in [6.07, 6.45) is 0.137. The van der Waals surface area contributed by atoms with Gasteiger partial charge in [-0.3, -0.25) is 4.79 Å². The number of carboxylic acid groups (broad SMARTS) is 1. The minimum atomic E-state index is -0.787. The van der Waals surface area contributed by atoms with Gasteiger partial charge in [-0.15, -0.1) is 0 Å². The summed E-state index contributed by atoms with van der Waals surface area (Å²) >= 11 is 0. The van der Waals surface area contributed by atoms with Crippen molar-refractivity contribution in [2.45, 2.75) is 13.0 Å². The number of benzene rings is 1. The molecule has 0 radical (unpaired) electrons. The maximum Gasteiger partial charge on any atom is 0.304 e. The lowest BCUT2D eigenvalue weighted by Crippen LogP contribution is -2.21. The lowest BCUT2D eigenvalue weighted by atomic mass is 10.2. The predicted octanol–water partition coefficient (Wildman–Crippen LogP) is 1.61. The first-order chi connectivity index (χ1) is 8.55. The van der Waals surface area contributed by atoms with Crippen LogP contribution in [0.4, 0.5) is 0 Å². The minimum absolute atomic E-state index is 0.137. The molecule has 1 aromatic carbocycles. The second-order valence-corrected chi connectivity index (χ2v) is 4.10. The molecule has 1 N–H and O–H groups in total. The van der Waals surface area contributed by atoms with Crippen LogP contribution >= 0.6 is 0 Å². The van der Waals surface area contributed by atoms with Gasteiger partial charge in [0.15, 0.2) is 0 Å². The Morgan fingerprint density at radius 3 is 2.22 bits per heavy atom. The number of nitrogens with zero attached hydrogens (tertiary/aromatic N) is 1. The number of hydrogen-bond donors (Lipinski definition) is 1. The van der Waals surface area contributed by atoms with Crippen molar-refractivity contribution >= 4 is 5.97 Å². The summed E-state index contributed by atoms with van der Waals surface area (Å²) in [5.41, 5.74) is 1.03. The Bertz CT molecular complexity index is 384. The normalized spacial score (nSPS) is 10.4. The number of carboxylic acids is 1. The van der Waals surface area contributed by atoms with Crippen LogP contribution in [-0.2, 0) is 11.3 Å². The lowest BCUT2D eigenvalue weighted by Gasteiger charge is -2.16. The molecule has 0 spiro atoms. The largest absolute Gasteiger partial charge is 0.497 e. The van der Waals surface area contributed by atoms with Gasteiger partial charge in [-0.05, 0) is 24.7 Å². The molecule has 18 heavy (non-hydrogen) atoms. The third kappa shape index (κ3) is 4.63. The van der Waals surface area contributed by atoms with Crippen LogP contribution in [0.5, 0.6) is 11.5 Å². The Hall–Kier alpha value is -1.75. The van der Waals surface area contributed by atoms with E-state index in [0.29, 0.717) is 13.1 Å². The molecule has 0 aliphatic rings. The highest BCUT2D eigenvalue weighted by Gasteiger charge is 2.06. The summed E-state index contributed by atoms with van der Waals surface area (Å²) in [4.78, 5) is 12.4. The van der Waals surface area contributed by atoms with Crippen LogP contribution in [0, 0.1) is 0 Å². The third-order valence-corrected chi connectivity index (χ3v) is 2.57. The Balaban J connectivity index is 2.67. The first kappa shape index (κ1) is 14.3. The van der Waals surface area contributed by atoms with Crippen molar-refractivity contribution in [3.05, 3.63) is 23.8 Å². The van der Waals surface area contributed by atoms with Crippen LogP contribution in [0.1, 0.15) is 12.0 Å². The quantitative estimate of drug-likeness (QED) is 0.800. The van der Waals surface area contributed by atoms with Crippen LogP contribution in [0.25, 0.3) is 0 Å². The average molecular weight is 253 g/mol. The Labute approximate surface area is 107 Å². The van der Waals surface area contributed by atoms with Gasteiger partial charge in [-0.1, -0.05) is 0 Å². The average Bonchev–Trinajstić information content (AvgIpc) is 2.35. The van der Waals surface area contributed by atoms with Gasteiger partial charge in [0.1, 0.15) is 11.5 Å². The zero-order chi connectivity index (χ0) is 13.5. The summed E-state index contributed by atoms with van der Waals surface area (Å²) in [5, 5.41) is 8.63. The molecule has 0 unspecified atom stereocenters. The van der Waals surface area contributed by atoms with E-state index in [4.69, 9.17) is 14.6 Å². The Morgan fingerprint density at radius 2 is 1.78 bits per heavy atom. The first-order valence-electron chi connectivity index (χ1n) is 5.67. The lowest BCUT2D eigenvalue weighted by molar-refractivity contribution is -0.137. The van der Waals surface area contributed by atoms with E-state index in [2.05, 4.69) is 0 Å². The summed E-state index contributed by atoms with van der Waals surface area (Å²) < 4.78 is 10.4. The van der Waals surface area contributed by atoms with Gasteiger partial charge in [-0.2, -0.15) is 0 Å². The molecule has 100 valence electrons. The fourth-order valence-corrected chi connectivity index (χ4v) is 1.63. The van der Waals surface area contributed by atoms with Gasteiger partial charge >= 0.3 is 5.97 Å². The van der Waals surface area contributed by atoms with Crippen LogP contribution in [-0.4, -0.2) is 43.8 Å². The van der Waals surface area contributed by atoms with E-state index in [9.17, 15) is 4.79 Å². The van der Waals surface area contributed by atoms with Crippen molar-refractivity contribution in [2.75, 3.05) is 27.8 Å². The number of rotatable bonds is 7. The van der Waals surface area contributed by atoms with Crippen molar-refractivity contribution < 1.29 is 19.4 Å². The first-order valence-corrected chi connectivity index (χ1v) is 5.67. The third-order valence-electron chi connectivity index (χ3n) is 2.57. The summed E-state index contributed by atoms with van der Waals surface area (Å²) in [7, 11) is 5.09. The van der Waals surface area contributed by atoms with Gasteiger partial charge in [0.25, 0.3) is 0 Å². The fourth-order valence-electron chi connectivity index (χ4n) is 1.63. The molecular weight excluding hydrogens is 234 g/mol. The number of carbonyl (C=O) groups is 1. The Morgan fingerprint density at radius 1 is 1.22 bits per heavy atom. The second-order valence-electron chi connectivity index (χ2n) is 4.10. The molecule has 0 amide bonds. The highest BCUT2D eigenvalue weighted by atomic mass is 16.5. The molecule has 0 saturated heterocycles. The van der Waals surface area contributed by atoms with Crippen molar-refractivity contribution in [3.63, 3.8) is 0 Å². The molecule has 0 heterocycles. The molecule has 0 aliphatic heterocycles. The van der Waals surface area contributed by atoms with Crippen molar-refractivity contribution in [3.8, 4) is 11.5 Å². The van der Waals surface area contributed by atoms with Crippen LogP contribution < -0.4 is 9.47 Å². The zero-order valence-electron chi connectivity index (χ0n) is 11.0. The molecule has 5 heteroatoms. The molecule has 0 bridgehead atoms. The topological polar surface area (TPSA) is 59.0 Å². The zero-order valence-corrected chi connectivity index (χ0v) is 11.0. The number of ether oxygens (including phenoxy) is 2. The van der Waals surface area contributed by atoms with E-state index in [0.717, 1.165) is 17.1 Å². The monoisotopic (exact) mass is 253 g/mol. The maximum atomic E-state index is 10.5. The number of hydrogen-bond acceptors (Lipinski definition) is 4. The smallest absolute Gasteiger partial charge is 0.304 e. The van der Waals surface area contributed by atoms with Crippen LogP contribution in [0.2, 0.25) is 0 Å². The molecule has 0 fully saturated rings. The Kier molecular flexibility index (Phi) is 5.45. The van der Waals surface area contributed by atoms with Crippen molar-refractivity contribution in [1.29, 1.82) is 0 Å². The fraction of sp³-hybridized carbons (Fsp3) is 0.462. The summed E-state index contributed by atoms with van der Waals surface area (Å²) in [5.74, 6) is 0.678. The van der Waals surface area contributed by atoms with Gasteiger partial charge in [-0.25, -0.2) is 0 Å². The molecule has 0 aliphatic carbocycles. The molecule has 1 aromatic rings. The van der Waals surface area contributed by atoms with Crippen LogP contribution in [0.3, 0.4) is 0 Å². The molecule has 0 saturated carbocycles. The number of aliphatic carboxylic acids is 1. The predicted molar refractivity (Wildman–Crippen MR) is 68.1 cm³/mol. The van der Waals surface area contributed by atoms with E-state index in [-0.39, 0.29) is 6.42 Å². The summed E-state index contributed by atoms with van der Waals surface area (Å²) in [6.45, 7) is 1.16. The van der Waals surface area contributed by atoms with E-state index < -0.39 is 5.97 Å². The van der Waals surface area contributed by atoms with Crippen molar-refractivity contribution in [1.82, 2.24) is 4.90 Å². The van der Waals surface area contributed by atoms with Gasteiger partial charge < -0.3 is 19.5 Å². The van der Waals surface area contributed by atoms with E-state index in [1.807, 2.05) is 24.1 Å². The molecule has 0 atom stereocenters. The highest BCUT2D eigenvalue weighted by Crippen LogP contribution is 2.23. The molecule has 1 rings (SSSR count). The van der Waals surface area contributed by atoms with E-state index in [1.54, 1.807) is 20.3 Å². The van der Waals surface area contributed by atoms with Crippen LogP contribution in [0.15, 0.2) is 18.2 Å². The summed E-state index contributed by atoms with van der Waals surface area (Å²) in [6, 6.07) is 5.64.